The average Bonchev–Trinajstić information content (AvgIpc) is 2.28. The molecule has 1 aromatic rings. The van der Waals surface area contributed by atoms with Crippen LogP contribution in [0.4, 0.5) is 0 Å². The zero-order valence-electron chi connectivity index (χ0n) is 9.69. The highest BCUT2D eigenvalue weighted by atomic mass is 32.2. The van der Waals surface area contributed by atoms with Gasteiger partial charge in [-0.05, 0) is 11.6 Å². The zero-order valence-corrected chi connectivity index (χ0v) is 10.5. The number of amides is 1. The summed E-state index contributed by atoms with van der Waals surface area (Å²) < 4.78 is 0. The van der Waals surface area contributed by atoms with E-state index >= 15 is 0 Å². The summed E-state index contributed by atoms with van der Waals surface area (Å²) >= 11 is 1.62. The molecule has 4 nitrogen and oxygen atoms in total. The second kappa shape index (κ2) is 6.61. The topological polar surface area (TPSA) is 54.0 Å². The lowest BCUT2D eigenvalue weighted by molar-refractivity contribution is -0.118. The lowest BCUT2D eigenvalue weighted by Crippen LogP contribution is -2.48. The highest BCUT2D eigenvalue weighted by Gasteiger charge is 2.16. The SMILES string of the molecule is O=C(CSCc1cccnc1)NCC1CNC1. The fourth-order valence-electron chi connectivity index (χ4n) is 1.55. The highest BCUT2D eigenvalue weighted by molar-refractivity contribution is 7.99. The third-order valence-corrected chi connectivity index (χ3v) is 3.68. The summed E-state index contributed by atoms with van der Waals surface area (Å²) in [7, 11) is 0. The summed E-state index contributed by atoms with van der Waals surface area (Å²) in [6.07, 6.45) is 3.60. The minimum absolute atomic E-state index is 0.130. The van der Waals surface area contributed by atoms with Crippen LogP contribution in [0.1, 0.15) is 5.56 Å². The van der Waals surface area contributed by atoms with E-state index in [9.17, 15) is 4.79 Å². The van der Waals surface area contributed by atoms with Crippen LogP contribution in [0.25, 0.3) is 0 Å². The summed E-state index contributed by atoms with van der Waals surface area (Å²) in [4.78, 5) is 15.5. The molecule has 1 saturated heterocycles. The van der Waals surface area contributed by atoms with E-state index in [4.69, 9.17) is 0 Å². The van der Waals surface area contributed by atoms with Crippen molar-refractivity contribution in [1.29, 1.82) is 0 Å². The molecule has 17 heavy (non-hydrogen) atoms. The van der Waals surface area contributed by atoms with Crippen LogP contribution in [-0.2, 0) is 10.5 Å². The number of nitrogens with one attached hydrogen (secondary N) is 2. The van der Waals surface area contributed by atoms with Gasteiger partial charge in [0.2, 0.25) is 5.91 Å². The average molecular weight is 251 g/mol. The smallest absolute Gasteiger partial charge is 0.230 e. The normalized spacial score (nSPS) is 15.3. The second-order valence-electron chi connectivity index (χ2n) is 4.18. The molecule has 2 N–H and O–H groups in total. The molecule has 92 valence electrons. The van der Waals surface area contributed by atoms with Gasteiger partial charge in [-0.3, -0.25) is 9.78 Å². The number of rotatable bonds is 6. The number of pyridine rings is 1. The van der Waals surface area contributed by atoms with Crippen molar-refractivity contribution in [3.05, 3.63) is 30.1 Å². The second-order valence-corrected chi connectivity index (χ2v) is 5.17. The van der Waals surface area contributed by atoms with E-state index < -0.39 is 0 Å². The van der Waals surface area contributed by atoms with Crippen LogP contribution in [0.3, 0.4) is 0 Å². The van der Waals surface area contributed by atoms with E-state index in [2.05, 4.69) is 15.6 Å². The molecule has 0 radical (unpaired) electrons. The summed E-state index contributed by atoms with van der Waals surface area (Å²) in [5.74, 6) is 2.12. The minimum atomic E-state index is 0.130. The van der Waals surface area contributed by atoms with Crippen molar-refractivity contribution in [2.45, 2.75) is 5.75 Å². The molecule has 0 aromatic carbocycles. The van der Waals surface area contributed by atoms with Gasteiger partial charge in [-0.2, -0.15) is 0 Å². The Kier molecular flexibility index (Phi) is 4.82. The van der Waals surface area contributed by atoms with Crippen molar-refractivity contribution in [2.24, 2.45) is 5.92 Å². The van der Waals surface area contributed by atoms with Gasteiger partial charge in [0, 0.05) is 43.7 Å². The van der Waals surface area contributed by atoms with Gasteiger partial charge < -0.3 is 10.6 Å². The predicted molar refractivity (Wildman–Crippen MR) is 69.8 cm³/mol. The molecule has 0 aliphatic carbocycles. The van der Waals surface area contributed by atoms with Gasteiger partial charge in [0.25, 0.3) is 0 Å². The molecule has 1 amide bonds. The molecule has 0 bridgehead atoms. The van der Waals surface area contributed by atoms with Crippen LogP contribution in [0.5, 0.6) is 0 Å². The summed E-state index contributed by atoms with van der Waals surface area (Å²) in [6.45, 7) is 2.87. The van der Waals surface area contributed by atoms with Crippen molar-refractivity contribution >= 4 is 17.7 Å². The van der Waals surface area contributed by atoms with Crippen molar-refractivity contribution in [2.75, 3.05) is 25.4 Å². The van der Waals surface area contributed by atoms with Crippen LogP contribution in [0.2, 0.25) is 0 Å². The number of hydrogen-bond acceptors (Lipinski definition) is 4. The molecule has 1 aromatic heterocycles. The summed E-state index contributed by atoms with van der Waals surface area (Å²) in [5.41, 5.74) is 1.16. The van der Waals surface area contributed by atoms with E-state index in [1.807, 2.05) is 18.3 Å². The molecule has 0 atom stereocenters. The maximum Gasteiger partial charge on any atom is 0.230 e. The van der Waals surface area contributed by atoms with E-state index in [1.165, 1.54) is 0 Å². The van der Waals surface area contributed by atoms with Crippen LogP contribution in [-0.4, -0.2) is 36.3 Å². The first-order chi connectivity index (χ1) is 8.34. The van der Waals surface area contributed by atoms with Crippen molar-refractivity contribution < 1.29 is 4.79 Å². The van der Waals surface area contributed by atoms with Gasteiger partial charge in [-0.15, -0.1) is 11.8 Å². The molecule has 1 fully saturated rings. The van der Waals surface area contributed by atoms with E-state index in [0.29, 0.717) is 11.7 Å². The number of aromatic nitrogens is 1. The van der Waals surface area contributed by atoms with Gasteiger partial charge in [-0.1, -0.05) is 6.07 Å². The lowest BCUT2D eigenvalue weighted by Gasteiger charge is -2.27. The standard InChI is InChI=1S/C12H17N3OS/c16-12(15-7-11-5-14-6-11)9-17-8-10-2-1-3-13-4-10/h1-4,11,14H,5-9H2,(H,15,16). The molecular weight excluding hydrogens is 234 g/mol. The van der Waals surface area contributed by atoms with Crippen LogP contribution in [0.15, 0.2) is 24.5 Å². The van der Waals surface area contributed by atoms with Gasteiger partial charge in [0.05, 0.1) is 5.75 Å². The highest BCUT2D eigenvalue weighted by Crippen LogP contribution is 2.10. The van der Waals surface area contributed by atoms with Gasteiger partial charge >= 0.3 is 0 Å². The van der Waals surface area contributed by atoms with Crippen LogP contribution < -0.4 is 10.6 Å². The molecule has 2 heterocycles. The van der Waals surface area contributed by atoms with Gasteiger partial charge in [0.1, 0.15) is 0 Å². The van der Waals surface area contributed by atoms with Gasteiger partial charge in [0.15, 0.2) is 0 Å². The zero-order chi connectivity index (χ0) is 11.9. The van der Waals surface area contributed by atoms with Crippen molar-refractivity contribution in [3.63, 3.8) is 0 Å². The fraction of sp³-hybridized carbons (Fsp3) is 0.500. The Bertz CT molecular complexity index is 354. The van der Waals surface area contributed by atoms with E-state index in [1.54, 1.807) is 18.0 Å². The number of carbonyl (C=O) groups excluding carboxylic acids is 1. The molecule has 0 spiro atoms. The maximum absolute atomic E-state index is 11.5. The molecule has 2 rings (SSSR count). The lowest BCUT2D eigenvalue weighted by atomic mass is 10.0. The number of nitrogens with zero attached hydrogens (tertiary/aromatic N) is 1. The van der Waals surface area contributed by atoms with Crippen molar-refractivity contribution in [3.8, 4) is 0 Å². The molecule has 0 unspecified atom stereocenters. The van der Waals surface area contributed by atoms with E-state index in [0.717, 1.165) is 31.0 Å². The molecule has 0 saturated carbocycles. The Morgan fingerprint density at radius 3 is 3.12 bits per heavy atom. The first kappa shape index (κ1) is 12.4. The van der Waals surface area contributed by atoms with Crippen LogP contribution in [0, 0.1) is 5.92 Å². The minimum Gasteiger partial charge on any atom is -0.355 e. The quantitative estimate of drug-likeness (QED) is 0.779. The predicted octanol–water partition coefficient (Wildman–Crippen LogP) is 0.650. The van der Waals surface area contributed by atoms with Crippen molar-refractivity contribution in [1.82, 2.24) is 15.6 Å². The first-order valence-corrected chi connectivity index (χ1v) is 6.94. The molecule has 5 heteroatoms. The Balaban J connectivity index is 1.56. The molecular formula is C12H17N3OS. The number of carbonyl (C=O) groups is 1. The molecule has 1 aliphatic rings. The first-order valence-electron chi connectivity index (χ1n) is 5.78. The third kappa shape index (κ3) is 4.36. The Hall–Kier alpha value is -1.07. The van der Waals surface area contributed by atoms with E-state index in [-0.39, 0.29) is 5.91 Å². The number of hydrogen-bond donors (Lipinski definition) is 2. The largest absolute Gasteiger partial charge is 0.355 e. The van der Waals surface area contributed by atoms with Crippen LogP contribution >= 0.6 is 11.8 Å². The van der Waals surface area contributed by atoms with Gasteiger partial charge in [-0.25, -0.2) is 0 Å². The number of thioether (sulfide) groups is 1. The Morgan fingerprint density at radius 2 is 2.47 bits per heavy atom. The Morgan fingerprint density at radius 1 is 1.59 bits per heavy atom. The summed E-state index contributed by atoms with van der Waals surface area (Å²) in [6, 6.07) is 3.94. The Labute approximate surface area is 106 Å². The third-order valence-electron chi connectivity index (χ3n) is 2.68. The fourth-order valence-corrected chi connectivity index (χ4v) is 2.34. The summed E-state index contributed by atoms with van der Waals surface area (Å²) in [5, 5.41) is 6.14. The monoisotopic (exact) mass is 251 g/mol. The maximum atomic E-state index is 11.5. The molecule has 1 aliphatic heterocycles.